The predicted octanol–water partition coefficient (Wildman–Crippen LogP) is 2.42. The molecule has 1 N–H and O–H groups in total. The Labute approximate surface area is 138 Å². The van der Waals surface area contributed by atoms with Gasteiger partial charge in [-0.3, -0.25) is 9.67 Å². The van der Waals surface area contributed by atoms with E-state index < -0.39 is 6.10 Å². The Hall–Kier alpha value is -1.72. The van der Waals surface area contributed by atoms with Crippen LogP contribution in [0, 0.1) is 12.8 Å². The molecule has 1 saturated heterocycles. The van der Waals surface area contributed by atoms with E-state index in [1.165, 1.54) is 5.56 Å². The molecule has 1 fully saturated rings. The number of piperidine rings is 1. The summed E-state index contributed by atoms with van der Waals surface area (Å²) >= 11 is 0. The van der Waals surface area contributed by atoms with E-state index in [9.17, 15) is 5.11 Å². The van der Waals surface area contributed by atoms with Crippen molar-refractivity contribution in [2.75, 3.05) is 19.6 Å². The highest BCUT2D eigenvalue weighted by atomic mass is 16.3. The molecule has 0 radical (unpaired) electrons. The van der Waals surface area contributed by atoms with Gasteiger partial charge in [-0.15, -0.1) is 0 Å². The lowest BCUT2D eigenvalue weighted by Gasteiger charge is -2.34. The quantitative estimate of drug-likeness (QED) is 0.890. The summed E-state index contributed by atoms with van der Waals surface area (Å²) in [4.78, 5) is 6.78. The third-order valence-corrected chi connectivity index (χ3v) is 4.69. The van der Waals surface area contributed by atoms with Gasteiger partial charge in [0.2, 0.25) is 0 Å². The summed E-state index contributed by atoms with van der Waals surface area (Å²) in [5.41, 5.74) is 2.02. The summed E-state index contributed by atoms with van der Waals surface area (Å²) in [5.74, 6) is 0.329. The molecule has 0 unspecified atom stereocenters. The van der Waals surface area contributed by atoms with Gasteiger partial charge in [0.1, 0.15) is 0 Å². The van der Waals surface area contributed by atoms with Gasteiger partial charge in [-0.2, -0.15) is 5.10 Å². The molecule has 5 nitrogen and oxygen atoms in total. The number of hydrogen-bond donors (Lipinski definition) is 1. The van der Waals surface area contributed by atoms with Crippen molar-refractivity contribution in [2.45, 2.75) is 38.8 Å². The highest BCUT2D eigenvalue weighted by molar-refractivity contribution is 5.08. The van der Waals surface area contributed by atoms with Gasteiger partial charge >= 0.3 is 0 Å². The Morgan fingerprint density at radius 1 is 1.26 bits per heavy atom. The van der Waals surface area contributed by atoms with Crippen molar-refractivity contribution in [3.63, 3.8) is 0 Å². The van der Waals surface area contributed by atoms with E-state index in [0.717, 1.165) is 51.1 Å². The molecular weight excluding hydrogens is 288 g/mol. The third-order valence-electron chi connectivity index (χ3n) is 4.69. The molecule has 3 rings (SSSR count). The Balaban J connectivity index is 1.40. The zero-order valence-electron chi connectivity index (χ0n) is 13.8. The highest BCUT2D eigenvalue weighted by Crippen LogP contribution is 2.29. The van der Waals surface area contributed by atoms with Crippen LogP contribution in [0.4, 0.5) is 0 Å². The van der Waals surface area contributed by atoms with Crippen LogP contribution in [0.15, 0.2) is 36.8 Å². The first-order valence-corrected chi connectivity index (χ1v) is 8.53. The summed E-state index contributed by atoms with van der Waals surface area (Å²) in [5, 5.41) is 14.8. The molecule has 0 spiro atoms. The zero-order chi connectivity index (χ0) is 16.1. The van der Waals surface area contributed by atoms with Gasteiger partial charge in [0.25, 0.3) is 0 Å². The maximum atomic E-state index is 10.5. The fourth-order valence-electron chi connectivity index (χ4n) is 3.33. The molecule has 0 bridgehead atoms. The van der Waals surface area contributed by atoms with Crippen LogP contribution < -0.4 is 0 Å². The Morgan fingerprint density at radius 2 is 2.09 bits per heavy atom. The standard InChI is InChI=1S/C18H26N4O/c1-15-13-20-22(14-15)10-4-9-21-11-6-16(7-12-21)18(23)17-5-2-3-8-19-17/h2-3,5,8,13-14,16,18,23H,4,6-7,9-12H2,1H3/t18-/m0/s1. The van der Waals surface area contributed by atoms with Crippen LogP contribution in [0.25, 0.3) is 0 Å². The van der Waals surface area contributed by atoms with Crippen LogP contribution in [0.3, 0.4) is 0 Å². The van der Waals surface area contributed by atoms with Crippen LogP contribution in [0.1, 0.15) is 36.6 Å². The van der Waals surface area contributed by atoms with Crippen molar-refractivity contribution < 1.29 is 5.11 Å². The molecule has 3 heterocycles. The summed E-state index contributed by atoms with van der Waals surface area (Å²) in [6.45, 7) is 6.27. The maximum absolute atomic E-state index is 10.5. The normalized spacial score (nSPS) is 18.2. The second-order valence-electron chi connectivity index (χ2n) is 6.51. The molecule has 23 heavy (non-hydrogen) atoms. The summed E-state index contributed by atoms with van der Waals surface area (Å²) in [6.07, 6.45) is 8.53. The molecule has 1 aliphatic heterocycles. The number of pyridine rings is 1. The minimum Gasteiger partial charge on any atom is -0.387 e. The van der Waals surface area contributed by atoms with E-state index in [-0.39, 0.29) is 0 Å². The number of nitrogens with zero attached hydrogens (tertiary/aromatic N) is 4. The molecule has 0 amide bonds. The number of likely N-dealkylation sites (tertiary alicyclic amines) is 1. The average Bonchev–Trinajstić information content (AvgIpc) is 3.01. The van der Waals surface area contributed by atoms with Crippen molar-refractivity contribution in [2.24, 2.45) is 5.92 Å². The van der Waals surface area contributed by atoms with Crippen molar-refractivity contribution >= 4 is 0 Å². The van der Waals surface area contributed by atoms with Crippen molar-refractivity contribution in [3.8, 4) is 0 Å². The highest BCUT2D eigenvalue weighted by Gasteiger charge is 2.26. The second kappa shape index (κ2) is 7.70. The van der Waals surface area contributed by atoms with Gasteiger partial charge in [0.05, 0.1) is 18.0 Å². The van der Waals surface area contributed by atoms with E-state index in [0.29, 0.717) is 5.92 Å². The van der Waals surface area contributed by atoms with Crippen molar-refractivity contribution in [3.05, 3.63) is 48.0 Å². The molecule has 2 aromatic heterocycles. The maximum Gasteiger partial charge on any atom is 0.0988 e. The van der Waals surface area contributed by atoms with Gasteiger partial charge in [-0.25, -0.2) is 0 Å². The van der Waals surface area contributed by atoms with Crippen LogP contribution in [-0.4, -0.2) is 44.4 Å². The van der Waals surface area contributed by atoms with Gasteiger partial charge in [-0.05, 0) is 69.4 Å². The lowest BCUT2D eigenvalue weighted by atomic mass is 9.89. The Kier molecular flexibility index (Phi) is 5.41. The lowest BCUT2D eigenvalue weighted by Crippen LogP contribution is -2.36. The minimum absolute atomic E-state index is 0.329. The summed E-state index contributed by atoms with van der Waals surface area (Å²) in [7, 11) is 0. The molecule has 0 aromatic carbocycles. The molecule has 2 aromatic rings. The molecule has 0 saturated carbocycles. The molecule has 124 valence electrons. The van der Waals surface area contributed by atoms with E-state index >= 15 is 0 Å². The predicted molar refractivity (Wildman–Crippen MR) is 89.9 cm³/mol. The largest absolute Gasteiger partial charge is 0.387 e. The zero-order valence-corrected chi connectivity index (χ0v) is 13.8. The second-order valence-corrected chi connectivity index (χ2v) is 6.51. The summed E-state index contributed by atoms with van der Waals surface area (Å²) < 4.78 is 2.02. The van der Waals surface area contributed by atoms with E-state index in [4.69, 9.17) is 0 Å². The first-order valence-electron chi connectivity index (χ1n) is 8.53. The first-order chi connectivity index (χ1) is 11.2. The smallest absolute Gasteiger partial charge is 0.0988 e. The van der Waals surface area contributed by atoms with Crippen LogP contribution >= 0.6 is 0 Å². The fraction of sp³-hybridized carbons (Fsp3) is 0.556. The van der Waals surface area contributed by atoms with Crippen LogP contribution in [0.2, 0.25) is 0 Å². The molecule has 5 heteroatoms. The Morgan fingerprint density at radius 3 is 2.74 bits per heavy atom. The number of aliphatic hydroxyl groups is 1. The number of aliphatic hydroxyl groups excluding tert-OH is 1. The van der Waals surface area contributed by atoms with Gasteiger partial charge < -0.3 is 10.0 Å². The van der Waals surface area contributed by atoms with Crippen LogP contribution in [-0.2, 0) is 6.54 Å². The molecule has 1 aliphatic rings. The van der Waals surface area contributed by atoms with Crippen LogP contribution in [0.5, 0.6) is 0 Å². The number of aromatic nitrogens is 3. The lowest BCUT2D eigenvalue weighted by molar-refractivity contribution is 0.0554. The van der Waals surface area contributed by atoms with Crippen molar-refractivity contribution in [1.82, 2.24) is 19.7 Å². The van der Waals surface area contributed by atoms with Crippen molar-refractivity contribution in [1.29, 1.82) is 0 Å². The van der Waals surface area contributed by atoms with Gasteiger partial charge in [-0.1, -0.05) is 6.07 Å². The topological polar surface area (TPSA) is 54.2 Å². The van der Waals surface area contributed by atoms with E-state index in [1.54, 1.807) is 6.20 Å². The monoisotopic (exact) mass is 314 g/mol. The first kappa shape index (κ1) is 16.1. The molecule has 0 aliphatic carbocycles. The van der Waals surface area contributed by atoms with E-state index in [1.807, 2.05) is 29.1 Å². The third kappa shape index (κ3) is 4.39. The van der Waals surface area contributed by atoms with Gasteiger partial charge in [0, 0.05) is 18.9 Å². The number of aryl methyl sites for hydroxylation is 2. The van der Waals surface area contributed by atoms with E-state index in [2.05, 4.69) is 28.1 Å². The SMILES string of the molecule is Cc1cnn(CCCN2CCC([C@H](O)c3ccccn3)CC2)c1. The minimum atomic E-state index is -0.426. The number of rotatable bonds is 6. The van der Waals surface area contributed by atoms with Gasteiger partial charge in [0.15, 0.2) is 0 Å². The molecule has 1 atom stereocenters. The molecular formula is C18H26N4O. The summed E-state index contributed by atoms with van der Waals surface area (Å²) in [6, 6.07) is 5.75. The Bertz CT molecular complexity index is 590. The fourth-order valence-corrected chi connectivity index (χ4v) is 3.33. The number of hydrogen-bond acceptors (Lipinski definition) is 4. The average molecular weight is 314 g/mol.